The molecule has 2 aromatic heterocycles. The Morgan fingerprint density at radius 1 is 1.14 bits per heavy atom. The number of benzene rings is 1. The zero-order valence-electron chi connectivity index (χ0n) is 16.1. The van der Waals surface area contributed by atoms with Crippen LogP contribution >= 0.6 is 0 Å². The van der Waals surface area contributed by atoms with Crippen LogP contribution in [0, 0.1) is 12.7 Å². The standard InChI is InChI=1S/C20H20F4N4O/c1-12-9-16-14(10-15(12)21)13-3-4-25-19(20(22,23)24)18(13)28(16)8-7-27-6-5-26(2)17(29)11-27/h3-4,9-10H,5-8,11H2,1-2H3. The highest BCUT2D eigenvalue weighted by Gasteiger charge is 2.36. The molecule has 3 aromatic rings. The van der Waals surface area contributed by atoms with Gasteiger partial charge in [-0.3, -0.25) is 9.69 Å². The van der Waals surface area contributed by atoms with Crippen molar-refractivity contribution in [3.63, 3.8) is 0 Å². The lowest BCUT2D eigenvalue weighted by molar-refractivity contribution is -0.140. The number of amides is 1. The minimum absolute atomic E-state index is 0.0194. The predicted octanol–water partition coefficient (Wildman–Crippen LogP) is 3.43. The average Bonchev–Trinajstić information content (AvgIpc) is 2.95. The number of alkyl halides is 3. The van der Waals surface area contributed by atoms with E-state index in [1.165, 1.54) is 12.1 Å². The van der Waals surface area contributed by atoms with Gasteiger partial charge in [0, 0.05) is 55.7 Å². The second-order valence-corrected chi connectivity index (χ2v) is 7.42. The van der Waals surface area contributed by atoms with Crippen LogP contribution in [0.4, 0.5) is 17.6 Å². The van der Waals surface area contributed by atoms with Crippen molar-refractivity contribution in [1.82, 2.24) is 19.4 Å². The van der Waals surface area contributed by atoms with E-state index in [1.807, 2.05) is 4.90 Å². The SMILES string of the molecule is Cc1cc2c(cc1F)c1ccnc(C(F)(F)F)c1n2CCN1CCN(C)C(=O)C1. The van der Waals surface area contributed by atoms with Crippen LogP contribution < -0.4 is 0 Å². The topological polar surface area (TPSA) is 41.4 Å². The lowest BCUT2D eigenvalue weighted by Crippen LogP contribution is -2.49. The molecule has 1 fully saturated rings. The van der Waals surface area contributed by atoms with Gasteiger partial charge in [0.15, 0.2) is 5.69 Å². The molecule has 1 saturated heterocycles. The molecule has 0 unspecified atom stereocenters. The van der Waals surface area contributed by atoms with Gasteiger partial charge in [0.1, 0.15) is 5.82 Å². The third-order valence-electron chi connectivity index (χ3n) is 5.50. The first-order valence-corrected chi connectivity index (χ1v) is 9.27. The van der Waals surface area contributed by atoms with Crippen LogP contribution in [0.25, 0.3) is 21.8 Å². The van der Waals surface area contributed by atoms with Gasteiger partial charge in [0.25, 0.3) is 0 Å². The van der Waals surface area contributed by atoms with Gasteiger partial charge in [-0.15, -0.1) is 0 Å². The molecule has 154 valence electrons. The summed E-state index contributed by atoms with van der Waals surface area (Å²) in [5.41, 5.74) is -0.158. The minimum Gasteiger partial charge on any atom is -0.343 e. The number of carbonyl (C=O) groups is 1. The zero-order chi connectivity index (χ0) is 20.9. The molecule has 0 atom stereocenters. The number of rotatable bonds is 3. The summed E-state index contributed by atoms with van der Waals surface area (Å²) in [6.07, 6.45) is -3.53. The number of nitrogens with zero attached hydrogens (tertiary/aromatic N) is 4. The van der Waals surface area contributed by atoms with E-state index in [4.69, 9.17) is 0 Å². The van der Waals surface area contributed by atoms with Crippen molar-refractivity contribution in [2.45, 2.75) is 19.6 Å². The van der Waals surface area contributed by atoms with Gasteiger partial charge in [-0.05, 0) is 30.7 Å². The van der Waals surface area contributed by atoms with Crippen LogP contribution in [-0.2, 0) is 17.5 Å². The molecule has 5 nitrogen and oxygen atoms in total. The van der Waals surface area contributed by atoms with Crippen LogP contribution in [0.2, 0.25) is 0 Å². The molecule has 0 spiro atoms. The first-order chi connectivity index (χ1) is 13.7. The zero-order valence-corrected chi connectivity index (χ0v) is 16.1. The maximum absolute atomic E-state index is 14.2. The number of piperazine rings is 1. The molecule has 0 aliphatic carbocycles. The molecule has 0 N–H and O–H groups in total. The van der Waals surface area contributed by atoms with E-state index in [0.717, 1.165) is 6.20 Å². The lowest BCUT2D eigenvalue weighted by Gasteiger charge is -2.32. The van der Waals surface area contributed by atoms with Crippen molar-refractivity contribution < 1.29 is 22.4 Å². The first kappa shape index (κ1) is 19.6. The molecule has 1 aromatic carbocycles. The summed E-state index contributed by atoms with van der Waals surface area (Å²) in [7, 11) is 1.73. The Morgan fingerprint density at radius 3 is 2.59 bits per heavy atom. The van der Waals surface area contributed by atoms with Gasteiger partial charge in [-0.25, -0.2) is 9.37 Å². The normalized spacial score (nSPS) is 16.3. The molecule has 1 aliphatic rings. The number of aryl methyl sites for hydroxylation is 1. The molecule has 29 heavy (non-hydrogen) atoms. The summed E-state index contributed by atoms with van der Waals surface area (Å²) in [5, 5.41) is 0.737. The Morgan fingerprint density at radius 2 is 1.90 bits per heavy atom. The molecule has 1 amide bonds. The molecule has 0 bridgehead atoms. The summed E-state index contributed by atoms with van der Waals surface area (Å²) in [6.45, 7) is 3.67. The van der Waals surface area contributed by atoms with E-state index in [9.17, 15) is 22.4 Å². The minimum atomic E-state index is -4.64. The second-order valence-electron chi connectivity index (χ2n) is 7.42. The number of pyridine rings is 1. The Hall–Kier alpha value is -2.68. The predicted molar refractivity (Wildman–Crippen MR) is 101 cm³/mol. The molecule has 1 aliphatic heterocycles. The molecule has 0 radical (unpaired) electrons. The van der Waals surface area contributed by atoms with Crippen LogP contribution in [0.5, 0.6) is 0 Å². The highest BCUT2D eigenvalue weighted by molar-refractivity contribution is 6.09. The van der Waals surface area contributed by atoms with Crippen molar-refractivity contribution >= 4 is 27.7 Å². The number of hydrogen-bond donors (Lipinski definition) is 0. The van der Waals surface area contributed by atoms with Gasteiger partial charge in [0.2, 0.25) is 5.91 Å². The fraction of sp³-hybridized carbons (Fsp3) is 0.400. The molecule has 9 heteroatoms. The van der Waals surface area contributed by atoms with E-state index in [-0.39, 0.29) is 24.5 Å². The summed E-state index contributed by atoms with van der Waals surface area (Å²) < 4.78 is 56.7. The van der Waals surface area contributed by atoms with E-state index in [0.29, 0.717) is 41.5 Å². The number of hydrogen-bond acceptors (Lipinski definition) is 3. The monoisotopic (exact) mass is 408 g/mol. The number of aromatic nitrogens is 2. The average molecular weight is 408 g/mol. The van der Waals surface area contributed by atoms with Crippen LogP contribution in [0.3, 0.4) is 0 Å². The Labute approximate surface area is 164 Å². The highest BCUT2D eigenvalue weighted by Crippen LogP contribution is 2.38. The Balaban J connectivity index is 1.84. The summed E-state index contributed by atoms with van der Waals surface area (Å²) in [6, 6.07) is 4.33. The van der Waals surface area contributed by atoms with Crippen molar-refractivity contribution in [1.29, 1.82) is 0 Å². The number of halogens is 4. The van der Waals surface area contributed by atoms with Gasteiger partial charge >= 0.3 is 6.18 Å². The fourth-order valence-electron chi connectivity index (χ4n) is 3.85. The molecule has 0 saturated carbocycles. The van der Waals surface area contributed by atoms with Gasteiger partial charge in [0.05, 0.1) is 12.1 Å². The smallest absolute Gasteiger partial charge is 0.343 e. The van der Waals surface area contributed by atoms with Crippen LogP contribution in [-0.4, -0.2) is 58.5 Å². The molecular weight excluding hydrogens is 388 g/mol. The quantitative estimate of drug-likeness (QED) is 0.624. The largest absolute Gasteiger partial charge is 0.435 e. The van der Waals surface area contributed by atoms with E-state index in [2.05, 4.69) is 4.98 Å². The van der Waals surface area contributed by atoms with Gasteiger partial charge in [-0.2, -0.15) is 13.2 Å². The molecule has 3 heterocycles. The van der Waals surface area contributed by atoms with Crippen molar-refractivity contribution in [3.8, 4) is 0 Å². The summed E-state index contributed by atoms with van der Waals surface area (Å²) in [4.78, 5) is 19.1. The highest BCUT2D eigenvalue weighted by atomic mass is 19.4. The van der Waals surface area contributed by atoms with Gasteiger partial charge < -0.3 is 9.47 Å². The van der Waals surface area contributed by atoms with Crippen molar-refractivity contribution in [2.75, 3.05) is 33.2 Å². The van der Waals surface area contributed by atoms with Crippen molar-refractivity contribution in [2.24, 2.45) is 0 Å². The fourth-order valence-corrected chi connectivity index (χ4v) is 3.85. The molecular formula is C20H20F4N4O. The van der Waals surface area contributed by atoms with Gasteiger partial charge in [-0.1, -0.05) is 0 Å². The van der Waals surface area contributed by atoms with Crippen LogP contribution in [0.15, 0.2) is 24.4 Å². The molecule has 4 rings (SSSR count). The Kier molecular flexibility index (Phi) is 4.72. The number of carbonyl (C=O) groups excluding carboxylic acids is 1. The maximum Gasteiger partial charge on any atom is 0.435 e. The van der Waals surface area contributed by atoms with Crippen LogP contribution in [0.1, 0.15) is 11.3 Å². The first-order valence-electron chi connectivity index (χ1n) is 9.27. The third-order valence-corrected chi connectivity index (χ3v) is 5.50. The summed E-state index contributed by atoms with van der Waals surface area (Å²) >= 11 is 0. The van der Waals surface area contributed by atoms with E-state index < -0.39 is 17.7 Å². The Bertz CT molecular complexity index is 1110. The summed E-state index contributed by atoms with van der Waals surface area (Å²) in [5.74, 6) is -0.486. The number of likely N-dealkylation sites (N-methyl/N-ethyl adjacent to an activating group) is 1. The van der Waals surface area contributed by atoms with Crippen molar-refractivity contribution in [3.05, 3.63) is 41.5 Å². The second kappa shape index (κ2) is 6.98. The van der Waals surface area contributed by atoms with E-state index in [1.54, 1.807) is 29.5 Å². The maximum atomic E-state index is 14.2. The lowest BCUT2D eigenvalue weighted by atomic mass is 10.1. The van der Waals surface area contributed by atoms with E-state index >= 15 is 0 Å². The third kappa shape index (κ3) is 3.43. The number of fused-ring (bicyclic) bond motifs is 3.